The maximum absolute atomic E-state index is 13.5. The molecule has 1 aromatic heterocycles. The van der Waals surface area contributed by atoms with Crippen LogP contribution in [0.3, 0.4) is 0 Å². The Morgan fingerprint density at radius 3 is 2.34 bits per heavy atom. The molecule has 44 heavy (non-hydrogen) atoms. The van der Waals surface area contributed by atoms with E-state index in [1.165, 1.54) is 0 Å². The lowest BCUT2D eigenvalue weighted by Gasteiger charge is -2.29. The predicted octanol–water partition coefficient (Wildman–Crippen LogP) is 2.86. The number of rotatable bonds is 8. The minimum Gasteiger partial charge on any atom is -0.460 e. The van der Waals surface area contributed by atoms with Gasteiger partial charge in [0, 0.05) is 18.0 Å². The Bertz CT molecular complexity index is 1400. The highest BCUT2D eigenvalue weighted by molar-refractivity contribution is 7.98. The molecule has 4 N–H and O–H groups in total. The highest BCUT2D eigenvalue weighted by Gasteiger charge is 2.32. The van der Waals surface area contributed by atoms with Crippen LogP contribution < -0.4 is 21.3 Å². The quantitative estimate of drug-likeness (QED) is 0.304. The molecule has 236 valence electrons. The summed E-state index contributed by atoms with van der Waals surface area (Å²) in [6.45, 7) is 5.93. The molecular formula is C33H43N5O5S. The Hall–Kier alpha value is -3.83. The summed E-state index contributed by atoms with van der Waals surface area (Å²) < 4.78 is 6.08. The second kappa shape index (κ2) is 15.8. The second-order valence-corrected chi connectivity index (χ2v) is 12.7. The zero-order chi connectivity index (χ0) is 31.6. The molecule has 10 nitrogen and oxygen atoms in total. The van der Waals surface area contributed by atoms with Gasteiger partial charge in [0.1, 0.15) is 29.5 Å². The third-order valence-electron chi connectivity index (χ3n) is 7.63. The standard InChI is InChI=1S/C33H43N5O5S/c1-21(2)30-33(42)36-27(14-15-44-4)32(41)34-22(3)31(40)35-25(16-23-10-6-5-7-11-23)18-38(20-29(39)37-30)19-26-17-24-12-8-9-13-28(24)43-26/h5-13,17,21-22,25,27,30H,14-16,18-20H2,1-4H3,(H,34,41)(H,35,40)(H,36,42)(H,37,39)/t22-,25+,27-,30-/m0/s1. The first-order valence-corrected chi connectivity index (χ1v) is 16.5. The molecule has 0 saturated carbocycles. The number of thioether (sulfide) groups is 1. The Morgan fingerprint density at radius 1 is 0.909 bits per heavy atom. The van der Waals surface area contributed by atoms with Gasteiger partial charge in [0.2, 0.25) is 23.6 Å². The molecule has 0 bridgehead atoms. The fourth-order valence-electron chi connectivity index (χ4n) is 5.32. The summed E-state index contributed by atoms with van der Waals surface area (Å²) in [5.74, 6) is -0.483. The number of nitrogens with zero attached hydrogens (tertiary/aromatic N) is 1. The normalized spacial score (nSPS) is 22.9. The maximum Gasteiger partial charge on any atom is 0.243 e. The number of furan rings is 1. The zero-order valence-corrected chi connectivity index (χ0v) is 26.6. The van der Waals surface area contributed by atoms with Gasteiger partial charge >= 0.3 is 0 Å². The Kier molecular flexibility index (Phi) is 11.8. The maximum atomic E-state index is 13.5. The van der Waals surface area contributed by atoms with Crippen LogP contribution >= 0.6 is 11.8 Å². The second-order valence-electron chi connectivity index (χ2n) is 11.7. The van der Waals surface area contributed by atoms with Crippen molar-refractivity contribution in [2.24, 2.45) is 5.92 Å². The molecule has 4 amide bonds. The molecule has 0 radical (unpaired) electrons. The molecular weight excluding hydrogens is 578 g/mol. The van der Waals surface area contributed by atoms with Gasteiger partial charge in [-0.1, -0.05) is 62.4 Å². The van der Waals surface area contributed by atoms with Crippen LogP contribution in [0.2, 0.25) is 0 Å². The van der Waals surface area contributed by atoms with E-state index in [1.807, 2.05) is 85.7 Å². The van der Waals surface area contributed by atoms with E-state index in [0.717, 1.165) is 16.5 Å². The van der Waals surface area contributed by atoms with Crippen molar-refractivity contribution >= 4 is 46.4 Å². The Labute approximate surface area is 263 Å². The van der Waals surface area contributed by atoms with Crippen molar-refractivity contribution < 1.29 is 23.6 Å². The lowest BCUT2D eigenvalue weighted by Crippen LogP contribution is -2.57. The van der Waals surface area contributed by atoms with Crippen molar-refractivity contribution in [2.45, 2.75) is 64.3 Å². The van der Waals surface area contributed by atoms with E-state index in [0.29, 0.717) is 37.4 Å². The van der Waals surface area contributed by atoms with Crippen LogP contribution in [0.15, 0.2) is 65.1 Å². The minimum absolute atomic E-state index is 0.0304. The molecule has 2 heterocycles. The largest absolute Gasteiger partial charge is 0.460 e. The van der Waals surface area contributed by atoms with Gasteiger partial charge in [0.15, 0.2) is 0 Å². The fraction of sp³-hybridized carbons (Fsp3) is 0.455. The van der Waals surface area contributed by atoms with E-state index in [2.05, 4.69) is 21.3 Å². The molecule has 3 aromatic rings. The van der Waals surface area contributed by atoms with Crippen LogP contribution in [0.25, 0.3) is 11.0 Å². The summed E-state index contributed by atoms with van der Waals surface area (Å²) in [4.78, 5) is 55.6. The van der Waals surface area contributed by atoms with Crippen molar-refractivity contribution in [1.82, 2.24) is 26.2 Å². The fourth-order valence-corrected chi connectivity index (χ4v) is 5.79. The van der Waals surface area contributed by atoms with Crippen LogP contribution in [0.1, 0.15) is 38.5 Å². The lowest BCUT2D eigenvalue weighted by molar-refractivity contribution is -0.134. The zero-order valence-electron chi connectivity index (χ0n) is 25.8. The highest BCUT2D eigenvalue weighted by Crippen LogP contribution is 2.20. The number of carbonyl (C=O) groups is 4. The van der Waals surface area contributed by atoms with Gasteiger partial charge < -0.3 is 25.7 Å². The van der Waals surface area contributed by atoms with Gasteiger partial charge in [-0.05, 0) is 55.4 Å². The van der Waals surface area contributed by atoms with Gasteiger partial charge in [-0.15, -0.1) is 0 Å². The van der Waals surface area contributed by atoms with Crippen molar-refractivity contribution in [3.8, 4) is 0 Å². The topological polar surface area (TPSA) is 133 Å². The summed E-state index contributed by atoms with van der Waals surface area (Å²) in [7, 11) is 0. The number of amides is 4. The molecule has 1 fully saturated rings. The number of fused-ring (bicyclic) bond motifs is 1. The van der Waals surface area contributed by atoms with E-state index in [9.17, 15) is 19.2 Å². The number of hydrogen-bond acceptors (Lipinski definition) is 7. The van der Waals surface area contributed by atoms with Crippen molar-refractivity contribution in [2.75, 3.05) is 25.1 Å². The number of benzene rings is 2. The molecule has 0 spiro atoms. The van der Waals surface area contributed by atoms with Crippen LogP contribution in [-0.2, 0) is 32.1 Å². The van der Waals surface area contributed by atoms with Crippen molar-refractivity contribution in [3.63, 3.8) is 0 Å². The average Bonchev–Trinajstić information content (AvgIpc) is 3.39. The molecule has 0 unspecified atom stereocenters. The van der Waals surface area contributed by atoms with Gasteiger partial charge in [0.05, 0.1) is 13.1 Å². The Balaban J connectivity index is 1.67. The molecule has 2 aromatic carbocycles. The molecule has 1 aliphatic rings. The van der Waals surface area contributed by atoms with E-state index in [1.54, 1.807) is 18.7 Å². The smallest absolute Gasteiger partial charge is 0.243 e. The van der Waals surface area contributed by atoms with E-state index in [4.69, 9.17) is 4.42 Å². The first-order chi connectivity index (χ1) is 21.1. The molecule has 4 rings (SSSR count). The number of hydrogen-bond donors (Lipinski definition) is 4. The third-order valence-corrected chi connectivity index (χ3v) is 8.28. The van der Waals surface area contributed by atoms with Crippen LogP contribution in [-0.4, -0.2) is 77.8 Å². The number of carbonyl (C=O) groups excluding carboxylic acids is 4. The molecule has 1 saturated heterocycles. The monoisotopic (exact) mass is 621 g/mol. The Morgan fingerprint density at radius 2 is 1.64 bits per heavy atom. The summed E-state index contributed by atoms with van der Waals surface area (Å²) in [6.07, 6.45) is 2.81. The van der Waals surface area contributed by atoms with Crippen LogP contribution in [0, 0.1) is 5.92 Å². The third kappa shape index (κ3) is 9.33. The first-order valence-electron chi connectivity index (χ1n) is 15.1. The van der Waals surface area contributed by atoms with E-state index < -0.39 is 29.9 Å². The van der Waals surface area contributed by atoms with Crippen molar-refractivity contribution in [1.29, 1.82) is 0 Å². The predicted molar refractivity (Wildman–Crippen MR) is 173 cm³/mol. The highest BCUT2D eigenvalue weighted by atomic mass is 32.2. The first kappa shape index (κ1) is 33.1. The van der Waals surface area contributed by atoms with Crippen molar-refractivity contribution in [3.05, 3.63) is 72.0 Å². The van der Waals surface area contributed by atoms with Crippen LogP contribution in [0.5, 0.6) is 0 Å². The summed E-state index contributed by atoms with van der Waals surface area (Å²) in [5, 5.41) is 12.6. The summed E-state index contributed by atoms with van der Waals surface area (Å²) in [5.41, 5.74) is 1.77. The molecule has 4 atom stereocenters. The SMILES string of the molecule is CSCC[C@@H]1NC(=O)[C@H](C(C)C)NC(=O)CN(Cc2cc3ccccc3o2)C[C@@H](Cc2ccccc2)NC(=O)[C@H](C)NC1=O. The molecule has 11 heteroatoms. The van der Waals surface area contributed by atoms with Gasteiger partial charge in [0.25, 0.3) is 0 Å². The molecule has 0 aliphatic carbocycles. The average molecular weight is 622 g/mol. The van der Waals surface area contributed by atoms with Crippen LogP contribution in [0.4, 0.5) is 0 Å². The number of nitrogens with one attached hydrogen (secondary N) is 4. The van der Waals surface area contributed by atoms with E-state index >= 15 is 0 Å². The summed E-state index contributed by atoms with van der Waals surface area (Å²) in [6, 6.07) is 16.5. The minimum atomic E-state index is -0.849. The molecule has 1 aliphatic heterocycles. The lowest BCUT2D eigenvalue weighted by atomic mass is 10.0. The van der Waals surface area contributed by atoms with Gasteiger partial charge in [-0.2, -0.15) is 11.8 Å². The summed E-state index contributed by atoms with van der Waals surface area (Å²) >= 11 is 1.55. The van der Waals surface area contributed by atoms with E-state index in [-0.39, 0.29) is 30.3 Å². The number of para-hydroxylation sites is 1. The van der Waals surface area contributed by atoms with Gasteiger partial charge in [-0.3, -0.25) is 24.1 Å². The van der Waals surface area contributed by atoms with Gasteiger partial charge in [-0.25, -0.2) is 0 Å².